The lowest BCUT2D eigenvalue weighted by Crippen LogP contribution is -2.17. The number of ether oxygens (including phenoxy) is 1. The number of nitrogens with zero attached hydrogens (tertiary/aromatic N) is 2. The van der Waals surface area contributed by atoms with Crippen molar-refractivity contribution in [2.45, 2.75) is 32.9 Å². The van der Waals surface area contributed by atoms with Gasteiger partial charge in [-0.15, -0.1) is 0 Å². The van der Waals surface area contributed by atoms with Gasteiger partial charge in [0.2, 0.25) is 5.90 Å². The van der Waals surface area contributed by atoms with Crippen molar-refractivity contribution in [3.8, 4) is 5.75 Å². The summed E-state index contributed by atoms with van der Waals surface area (Å²) >= 11 is 6.36. The summed E-state index contributed by atoms with van der Waals surface area (Å²) in [5.41, 5.74) is 3.87. The molecule has 0 aliphatic heterocycles. The first-order valence-electron chi connectivity index (χ1n) is 10.8. The molecule has 180 valence electrons. The van der Waals surface area contributed by atoms with E-state index in [0.29, 0.717) is 35.1 Å². The van der Waals surface area contributed by atoms with E-state index in [1.165, 1.54) is 0 Å². The smallest absolute Gasteiger partial charge is 0.304 e. The zero-order chi connectivity index (χ0) is 24.8. The van der Waals surface area contributed by atoms with Gasteiger partial charge in [0.15, 0.2) is 0 Å². The van der Waals surface area contributed by atoms with E-state index in [4.69, 9.17) is 32.2 Å². The molecule has 3 rings (SSSR count). The van der Waals surface area contributed by atoms with Crippen LogP contribution >= 0.6 is 11.6 Å². The van der Waals surface area contributed by atoms with Crippen LogP contribution in [0.4, 0.5) is 0 Å². The van der Waals surface area contributed by atoms with Crippen LogP contribution in [0.25, 0.3) is 16.6 Å². The third kappa shape index (κ3) is 5.96. The number of benzene rings is 2. The fourth-order valence-electron chi connectivity index (χ4n) is 3.67. The molecule has 4 N–H and O–H groups in total. The van der Waals surface area contributed by atoms with E-state index < -0.39 is 5.97 Å². The Balaban J connectivity index is 1.89. The van der Waals surface area contributed by atoms with Crippen molar-refractivity contribution in [3.63, 3.8) is 0 Å². The van der Waals surface area contributed by atoms with Gasteiger partial charge < -0.3 is 24.6 Å². The summed E-state index contributed by atoms with van der Waals surface area (Å²) in [7, 11) is 1.94. The maximum absolute atomic E-state index is 10.7. The summed E-state index contributed by atoms with van der Waals surface area (Å²) in [5.74, 6) is 5.44. The predicted molar refractivity (Wildman–Crippen MR) is 135 cm³/mol. The van der Waals surface area contributed by atoms with Crippen molar-refractivity contribution in [2.24, 2.45) is 17.9 Å². The summed E-state index contributed by atoms with van der Waals surface area (Å²) in [6, 6.07) is 11.1. The molecule has 1 heterocycles. The predicted octanol–water partition coefficient (Wildman–Crippen LogP) is 4.49. The van der Waals surface area contributed by atoms with Crippen molar-refractivity contribution in [3.05, 3.63) is 70.9 Å². The van der Waals surface area contributed by atoms with Gasteiger partial charge in [-0.3, -0.25) is 4.79 Å². The van der Waals surface area contributed by atoms with Gasteiger partial charge in [0, 0.05) is 42.8 Å². The molecule has 0 aliphatic rings. The monoisotopic (exact) mass is 484 g/mol. The first-order valence-corrected chi connectivity index (χ1v) is 11.2. The number of aryl methyl sites for hydroxylation is 1. The molecule has 2 aromatic carbocycles. The van der Waals surface area contributed by atoms with Crippen LogP contribution in [-0.4, -0.2) is 34.2 Å². The number of nitrogens with one attached hydrogen (secondary N) is 1. The molecular formula is C25H29ClN4O4. The molecule has 1 aromatic heterocycles. The number of aliphatic carboxylic acids is 1. The second-order valence-electron chi connectivity index (χ2n) is 8.08. The second-order valence-corrected chi connectivity index (χ2v) is 8.49. The van der Waals surface area contributed by atoms with Gasteiger partial charge in [-0.1, -0.05) is 36.4 Å². The standard InChI is InChI=1S/C25H29ClN4O4/c1-15(2)33-22-9-8-17(12-21(22)26)25(34-27)29-16(3)19-6-5-7-20-18(14-30(4)24(19)20)13-28-11-10-23(31)32/h5-9,12,14-15,28H,3,10-11,13,27H2,1-2,4H3,(H,31,32). The van der Waals surface area contributed by atoms with Gasteiger partial charge >= 0.3 is 5.97 Å². The molecule has 0 unspecified atom stereocenters. The van der Waals surface area contributed by atoms with Crippen molar-refractivity contribution in [2.75, 3.05) is 6.54 Å². The van der Waals surface area contributed by atoms with Crippen LogP contribution in [0, 0.1) is 0 Å². The van der Waals surface area contributed by atoms with Gasteiger partial charge in [-0.25, -0.2) is 4.99 Å². The number of hydrogen-bond acceptors (Lipinski definition) is 6. The first-order chi connectivity index (χ1) is 16.2. The van der Waals surface area contributed by atoms with E-state index in [-0.39, 0.29) is 18.4 Å². The van der Waals surface area contributed by atoms with Crippen molar-refractivity contribution < 1.29 is 19.5 Å². The van der Waals surface area contributed by atoms with Crippen LogP contribution in [0.2, 0.25) is 5.02 Å². The largest absolute Gasteiger partial charge is 0.489 e. The highest BCUT2D eigenvalue weighted by Gasteiger charge is 2.15. The topological polar surface area (TPSA) is 111 Å². The van der Waals surface area contributed by atoms with Crippen LogP contribution in [0.3, 0.4) is 0 Å². The van der Waals surface area contributed by atoms with E-state index in [9.17, 15) is 4.79 Å². The molecule has 0 saturated carbocycles. The number of nitrogens with two attached hydrogens (primary N) is 1. The molecule has 0 atom stereocenters. The van der Waals surface area contributed by atoms with E-state index in [1.807, 2.05) is 49.9 Å². The lowest BCUT2D eigenvalue weighted by Gasteiger charge is -2.13. The maximum Gasteiger partial charge on any atom is 0.304 e. The number of hydrogen-bond donors (Lipinski definition) is 3. The number of fused-ring (bicyclic) bond motifs is 1. The van der Waals surface area contributed by atoms with Gasteiger partial charge in [0.25, 0.3) is 0 Å². The summed E-state index contributed by atoms with van der Waals surface area (Å²) in [6.45, 7) is 8.92. The van der Waals surface area contributed by atoms with Crippen LogP contribution < -0.4 is 16.0 Å². The zero-order valence-electron chi connectivity index (χ0n) is 19.5. The molecule has 0 radical (unpaired) electrons. The molecule has 8 nitrogen and oxygen atoms in total. The maximum atomic E-state index is 10.7. The average molecular weight is 485 g/mol. The zero-order valence-corrected chi connectivity index (χ0v) is 20.2. The number of carboxylic acids is 1. The van der Waals surface area contributed by atoms with Crippen molar-refractivity contribution in [1.82, 2.24) is 9.88 Å². The van der Waals surface area contributed by atoms with E-state index in [2.05, 4.69) is 16.9 Å². The summed E-state index contributed by atoms with van der Waals surface area (Å²) < 4.78 is 7.67. The number of aliphatic imine (C=N–C) groups is 1. The van der Waals surface area contributed by atoms with Gasteiger partial charge in [0.1, 0.15) is 5.75 Å². The molecule has 0 spiro atoms. The second kappa shape index (κ2) is 11.2. The van der Waals surface area contributed by atoms with E-state index >= 15 is 0 Å². The molecule has 0 bridgehead atoms. The van der Waals surface area contributed by atoms with Crippen LogP contribution in [-0.2, 0) is 23.2 Å². The SMILES string of the molecule is C=C(N=C(ON)c1ccc(OC(C)C)c(Cl)c1)c1cccc2c(CNCCC(=O)O)cn(C)c12. The quantitative estimate of drug-likeness (QED) is 0.169. The number of carboxylic acid groups (broad SMARTS) is 1. The van der Waals surface area contributed by atoms with Crippen LogP contribution in [0.15, 0.2) is 54.2 Å². The minimum Gasteiger partial charge on any atom is -0.489 e. The summed E-state index contributed by atoms with van der Waals surface area (Å²) in [5, 5.41) is 13.4. The first kappa shape index (κ1) is 25.3. The van der Waals surface area contributed by atoms with Gasteiger partial charge in [-0.05, 0) is 37.6 Å². The number of halogens is 1. The third-order valence-electron chi connectivity index (χ3n) is 5.12. The van der Waals surface area contributed by atoms with Gasteiger partial charge in [-0.2, -0.15) is 5.90 Å². The Hall–Kier alpha value is -3.33. The third-order valence-corrected chi connectivity index (χ3v) is 5.41. The normalized spacial score (nSPS) is 11.8. The van der Waals surface area contributed by atoms with E-state index in [1.54, 1.807) is 18.2 Å². The number of para-hydroxylation sites is 1. The Morgan fingerprint density at radius 3 is 2.74 bits per heavy atom. The molecule has 34 heavy (non-hydrogen) atoms. The fourth-order valence-corrected chi connectivity index (χ4v) is 3.89. The minimum absolute atomic E-state index is 0.00920. The summed E-state index contributed by atoms with van der Waals surface area (Å²) in [6.07, 6.45) is 2.06. The Morgan fingerprint density at radius 1 is 1.32 bits per heavy atom. The van der Waals surface area contributed by atoms with E-state index in [0.717, 1.165) is 22.0 Å². The Kier molecular flexibility index (Phi) is 8.33. The number of rotatable bonds is 10. The highest BCUT2D eigenvalue weighted by Crippen LogP contribution is 2.30. The molecular weight excluding hydrogens is 456 g/mol. The Morgan fingerprint density at radius 2 is 2.09 bits per heavy atom. The number of aromatic nitrogens is 1. The average Bonchev–Trinajstić information content (AvgIpc) is 3.11. The van der Waals surface area contributed by atoms with Crippen molar-refractivity contribution >= 4 is 40.1 Å². The molecule has 0 saturated heterocycles. The molecule has 0 amide bonds. The highest BCUT2D eigenvalue weighted by molar-refractivity contribution is 6.32. The van der Waals surface area contributed by atoms with Crippen LogP contribution in [0.5, 0.6) is 5.75 Å². The molecule has 9 heteroatoms. The highest BCUT2D eigenvalue weighted by atomic mass is 35.5. The minimum atomic E-state index is -0.830. The van der Waals surface area contributed by atoms with Gasteiger partial charge in [0.05, 0.1) is 28.8 Å². The Bertz CT molecular complexity index is 1230. The lowest BCUT2D eigenvalue weighted by molar-refractivity contribution is -0.136. The fraction of sp³-hybridized carbons (Fsp3) is 0.280. The van der Waals surface area contributed by atoms with Crippen LogP contribution in [0.1, 0.15) is 37.0 Å². The Labute approximate surface area is 203 Å². The molecule has 0 fully saturated rings. The van der Waals surface area contributed by atoms with Crippen molar-refractivity contribution in [1.29, 1.82) is 0 Å². The lowest BCUT2D eigenvalue weighted by atomic mass is 10.1. The molecule has 3 aromatic rings. The molecule has 0 aliphatic carbocycles. The summed E-state index contributed by atoms with van der Waals surface area (Å²) in [4.78, 5) is 20.3. The number of carbonyl (C=O) groups is 1.